The summed E-state index contributed by atoms with van der Waals surface area (Å²) in [6.07, 6.45) is -0.315. The van der Waals surface area contributed by atoms with Crippen LogP contribution in [0, 0.1) is 5.82 Å². The highest BCUT2D eigenvalue weighted by molar-refractivity contribution is 7.91. The lowest BCUT2D eigenvalue weighted by Crippen LogP contribution is -2.16. The molecule has 0 heterocycles. The molecule has 0 amide bonds. The van der Waals surface area contributed by atoms with E-state index in [9.17, 15) is 17.9 Å². The number of rotatable bonds is 5. The number of aliphatic hydroxyl groups excluding tert-OH is 1. The lowest BCUT2D eigenvalue weighted by molar-refractivity contribution is 0.201. The third-order valence-corrected chi connectivity index (χ3v) is 5.08. The molecule has 5 heteroatoms. The second-order valence-corrected chi connectivity index (χ2v) is 6.83. The SMILES string of the molecule is CCc1ccc(C(O)CS(=O)(=O)c2ccccc2F)cc1. The van der Waals surface area contributed by atoms with Gasteiger partial charge in [-0.2, -0.15) is 0 Å². The second kappa shape index (κ2) is 6.37. The first kappa shape index (κ1) is 15.7. The molecular formula is C16H17FO3S. The molecule has 1 N–H and O–H groups in total. The summed E-state index contributed by atoms with van der Waals surface area (Å²) in [4.78, 5) is -0.380. The summed E-state index contributed by atoms with van der Waals surface area (Å²) < 4.78 is 37.9. The second-order valence-electron chi connectivity index (χ2n) is 4.82. The maximum Gasteiger partial charge on any atom is 0.184 e. The summed E-state index contributed by atoms with van der Waals surface area (Å²) >= 11 is 0. The molecule has 0 fully saturated rings. The topological polar surface area (TPSA) is 54.4 Å². The fourth-order valence-corrected chi connectivity index (χ4v) is 3.51. The van der Waals surface area contributed by atoms with Crippen molar-refractivity contribution in [2.45, 2.75) is 24.3 Å². The number of hydrogen-bond donors (Lipinski definition) is 1. The molecule has 112 valence electrons. The zero-order chi connectivity index (χ0) is 15.5. The van der Waals surface area contributed by atoms with Gasteiger partial charge in [-0.1, -0.05) is 43.3 Å². The van der Waals surface area contributed by atoms with Crippen molar-refractivity contribution in [2.75, 3.05) is 5.75 Å². The molecule has 0 aliphatic carbocycles. The minimum Gasteiger partial charge on any atom is -0.387 e. The van der Waals surface area contributed by atoms with Gasteiger partial charge in [0.2, 0.25) is 0 Å². The van der Waals surface area contributed by atoms with Crippen molar-refractivity contribution < 1.29 is 17.9 Å². The zero-order valence-electron chi connectivity index (χ0n) is 11.7. The quantitative estimate of drug-likeness (QED) is 0.924. The van der Waals surface area contributed by atoms with E-state index >= 15 is 0 Å². The molecule has 0 bridgehead atoms. The predicted octanol–water partition coefficient (Wildman–Crippen LogP) is 2.90. The Balaban J connectivity index is 2.21. The molecule has 2 aromatic rings. The van der Waals surface area contributed by atoms with Crippen molar-refractivity contribution in [1.29, 1.82) is 0 Å². The number of benzene rings is 2. The van der Waals surface area contributed by atoms with Crippen LogP contribution < -0.4 is 0 Å². The molecule has 0 saturated carbocycles. The highest BCUT2D eigenvalue weighted by Gasteiger charge is 2.23. The Bertz CT molecular complexity index is 709. The molecule has 1 unspecified atom stereocenters. The van der Waals surface area contributed by atoms with E-state index in [1.807, 2.05) is 19.1 Å². The van der Waals surface area contributed by atoms with Gasteiger partial charge in [0.15, 0.2) is 9.84 Å². The van der Waals surface area contributed by atoms with Gasteiger partial charge in [0.1, 0.15) is 10.7 Å². The first-order chi connectivity index (χ1) is 9.94. The van der Waals surface area contributed by atoms with E-state index < -0.39 is 27.5 Å². The third kappa shape index (κ3) is 3.68. The van der Waals surface area contributed by atoms with E-state index in [1.54, 1.807) is 12.1 Å². The van der Waals surface area contributed by atoms with Crippen molar-refractivity contribution in [3.63, 3.8) is 0 Å². The Morgan fingerprint density at radius 2 is 1.71 bits per heavy atom. The van der Waals surface area contributed by atoms with Crippen molar-refractivity contribution in [2.24, 2.45) is 0 Å². The van der Waals surface area contributed by atoms with Crippen LogP contribution in [0.25, 0.3) is 0 Å². The van der Waals surface area contributed by atoms with Crippen LogP contribution in [-0.4, -0.2) is 19.3 Å². The van der Waals surface area contributed by atoms with Crippen LogP contribution in [0.5, 0.6) is 0 Å². The minimum absolute atomic E-state index is 0.380. The summed E-state index contributed by atoms with van der Waals surface area (Å²) in [5.74, 6) is -1.34. The summed E-state index contributed by atoms with van der Waals surface area (Å²) in [5.41, 5.74) is 1.61. The van der Waals surface area contributed by atoms with Gasteiger partial charge in [0.25, 0.3) is 0 Å². The lowest BCUT2D eigenvalue weighted by Gasteiger charge is -2.12. The van der Waals surface area contributed by atoms with Crippen molar-refractivity contribution >= 4 is 9.84 Å². The molecule has 2 rings (SSSR count). The molecule has 1 atom stereocenters. The van der Waals surface area contributed by atoms with Crippen LogP contribution >= 0.6 is 0 Å². The number of aryl methyl sites for hydroxylation is 1. The average molecular weight is 308 g/mol. The minimum atomic E-state index is -3.88. The van der Waals surface area contributed by atoms with Gasteiger partial charge in [0, 0.05) is 0 Å². The van der Waals surface area contributed by atoms with Crippen molar-refractivity contribution in [3.8, 4) is 0 Å². The Hall–Kier alpha value is -1.72. The van der Waals surface area contributed by atoms with Crippen molar-refractivity contribution in [3.05, 3.63) is 65.5 Å². The fourth-order valence-electron chi connectivity index (χ4n) is 2.07. The van der Waals surface area contributed by atoms with Crippen LogP contribution in [0.2, 0.25) is 0 Å². The third-order valence-electron chi connectivity index (χ3n) is 3.32. The normalized spacial score (nSPS) is 13.1. The molecular weight excluding hydrogens is 291 g/mol. The van der Waals surface area contributed by atoms with Gasteiger partial charge in [-0.15, -0.1) is 0 Å². The number of halogens is 1. The number of hydrogen-bond acceptors (Lipinski definition) is 3. The van der Waals surface area contributed by atoms with E-state index in [0.29, 0.717) is 5.56 Å². The average Bonchev–Trinajstić information content (AvgIpc) is 2.47. The molecule has 0 aliphatic rings. The summed E-state index contributed by atoms with van der Waals surface area (Å²) in [6, 6.07) is 12.3. The first-order valence-corrected chi connectivity index (χ1v) is 8.33. The van der Waals surface area contributed by atoms with Crippen LogP contribution in [0.4, 0.5) is 4.39 Å². The van der Waals surface area contributed by atoms with Crippen LogP contribution in [0.1, 0.15) is 24.2 Å². The van der Waals surface area contributed by atoms with Gasteiger partial charge >= 0.3 is 0 Å². The predicted molar refractivity (Wildman–Crippen MR) is 79.2 cm³/mol. The van der Waals surface area contributed by atoms with Gasteiger partial charge in [-0.3, -0.25) is 0 Å². The number of aliphatic hydroxyl groups is 1. The monoisotopic (exact) mass is 308 g/mol. The van der Waals surface area contributed by atoms with Crippen LogP contribution in [0.15, 0.2) is 53.4 Å². The van der Waals surface area contributed by atoms with E-state index in [0.717, 1.165) is 18.1 Å². The van der Waals surface area contributed by atoms with Gasteiger partial charge < -0.3 is 5.11 Å². The van der Waals surface area contributed by atoms with E-state index in [4.69, 9.17) is 0 Å². The maximum absolute atomic E-state index is 13.6. The summed E-state index contributed by atoms with van der Waals surface area (Å²) in [5, 5.41) is 10.1. The van der Waals surface area contributed by atoms with Gasteiger partial charge in [0.05, 0.1) is 11.9 Å². The maximum atomic E-state index is 13.6. The first-order valence-electron chi connectivity index (χ1n) is 6.68. The molecule has 3 nitrogen and oxygen atoms in total. The molecule has 0 spiro atoms. The molecule has 0 aliphatic heterocycles. The molecule has 0 radical (unpaired) electrons. The standard InChI is InChI=1S/C16H17FO3S/c1-2-12-7-9-13(10-8-12)15(18)11-21(19,20)16-6-4-3-5-14(16)17/h3-10,15,18H,2,11H2,1H3. The van der Waals surface area contributed by atoms with Gasteiger partial charge in [-0.25, -0.2) is 12.8 Å². The Kier molecular flexibility index (Phi) is 4.75. The fraction of sp³-hybridized carbons (Fsp3) is 0.250. The smallest absolute Gasteiger partial charge is 0.184 e. The van der Waals surface area contributed by atoms with E-state index in [2.05, 4.69) is 0 Å². The molecule has 0 saturated heterocycles. The van der Waals surface area contributed by atoms with Gasteiger partial charge in [-0.05, 0) is 29.7 Å². The Morgan fingerprint density at radius 1 is 1.10 bits per heavy atom. The van der Waals surface area contributed by atoms with Crippen LogP contribution in [0.3, 0.4) is 0 Å². The van der Waals surface area contributed by atoms with Crippen LogP contribution in [-0.2, 0) is 16.3 Å². The summed E-state index contributed by atoms with van der Waals surface area (Å²) in [7, 11) is -3.88. The van der Waals surface area contributed by atoms with E-state index in [1.165, 1.54) is 18.2 Å². The zero-order valence-corrected chi connectivity index (χ0v) is 12.5. The Labute approximate surface area is 124 Å². The highest BCUT2D eigenvalue weighted by atomic mass is 32.2. The molecule has 2 aromatic carbocycles. The Morgan fingerprint density at radius 3 is 2.29 bits per heavy atom. The number of sulfone groups is 1. The largest absolute Gasteiger partial charge is 0.387 e. The summed E-state index contributed by atoms with van der Waals surface area (Å²) in [6.45, 7) is 2.01. The van der Waals surface area contributed by atoms with E-state index in [-0.39, 0.29) is 4.90 Å². The molecule has 0 aromatic heterocycles. The molecule has 21 heavy (non-hydrogen) atoms. The van der Waals surface area contributed by atoms with Crippen molar-refractivity contribution in [1.82, 2.24) is 0 Å². The lowest BCUT2D eigenvalue weighted by atomic mass is 10.1. The highest BCUT2D eigenvalue weighted by Crippen LogP contribution is 2.22.